The molecule has 2 N–H and O–H groups in total. The molecule has 1 aromatic heterocycles. The van der Waals surface area contributed by atoms with Gasteiger partial charge in [-0.15, -0.1) is 0 Å². The summed E-state index contributed by atoms with van der Waals surface area (Å²) in [6.07, 6.45) is 3.01. The molecule has 1 heterocycles. The van der Waals surface area contributed by atoms with Gasteiger partial charge in [0, 0.05) is 23.2 Å². The van der Waals surface area contributed by atoms with Crippen LogP contribution in [0.5, 0.6) is 5.75 Å². The molecule has 0 aliphatic heterocycles. The second-order valence-electron chi connectivity index (χ2n) is 6.33. The van der Waals surface area contributed by atoms with Crippen molar-refractivity contribution in [2.45, 2.75) is 13.0 Å². The molecule has 1 unspecified atom stereocenters. The van der Waals surface area contributed by atoms with Crippen LogP contribution in [-0.4, -0.2) is 25.0 Å². The molecule has 0 saturated carbocycles. The Labute approximate surface area is 167 Å². The maximum atomic E-state index is 12.3. The topological polar surface area (TPSA) is 97.6 Å². The summed E-state index contributed by atoms with van der Waals surface area (Å²) in [5.41, 5.74) is 1.36. The van der Waals surface area contributed by atoms with Crippen molar-refractivity contribution in [2.24, 2.45) is 0 Å². The maximum absolute atomic E-state index is 12.3. The first kappa shape index (κ1) is 19.9. The van der Waals surface area contributed by atoms with Crippen molar-refractivity contribution in [3.63, 3.8) is 0 Å². The van der Waals surface area contributed by atoms with E-state index in [2.05, 4.69) is 10.6 Å². The molecule has 2 amide bonds. The highest BCUT2D eigenvalue weighted by Crippen LogP contribution is 2.17. The predicted molar refractivity (Wildman–Crippen MR) is 111 cm³/mol. The van der Waals surface area contributed by atoms with Crippen molar-refractivity contribution in [3.05, 3.63) is 76.7 Å². The lowest BCUT2D eigenvalue weighted by atomic mass is 10.2. The second kappa shape index (κ2) is 8.88. The minimum Gasteiger partial charge on any atom is -0.497 e. The summed E-state index contributed by atoms with van der Waals surface area (Å²) in [5, 5.41) is 6.03. The molecule has 1 atom stereocenters. The fourth-order valence-electron chi connectivity index (χ4n) is 2.61. The number of ether oxygens (including phenoxy) is 1. The Morgan fingerprint density at radius 2 is 1.83 bits per heavy atom. The number of rotatable bonds is 6. The van der Waals surface area contributed by atoms with Gasteiger partial charge in [-0.25, -0.2) is 4.79 Å². The van der Waals surface area contributed by atoms with Gasteiger partial charge < -0.3 is 19.8 Å². The van der Waals surface area contributed by atoms with Crippen molar-refractivity contribution in [2.75, 3.05) is 12.4 Å². The smallest absolute Gasteiger partial charge is 0.336 e. The number of anilines is 1. The van der Waals surface area contributed by atoms with Crippen LogP contribution < -0.4 is 21.0 Å². The van der Waals surface area contributed by atoms with E-state index in [1.165, 1.54) is 12.1 Å². The Kier molecular flexibility index (Phi) is 6.09. The summed E-state index contributed by atoms with van der Waals surface area (Å²) < 4.78 is 10.1. The van der Waals surface area contributed by atoms with Crippen molar-refractivity contribution < 1.29 is 18.7 Å². The van der Waals surface area contributed by atoms with Gasteiger partial charge in [0.05, 0.1) is 7.11 Å². The fourth-order valence-corrected chi connectivity index (χ4v) is 2.61. The summed E-state index contributed by atoms with van der Waals surface area (Å²) >= 11 is 0. The Hall–Kier alpha value is -3.87. The average molecular weight is 392 g/mol. The molecule has 7 heteroatoms. The zero-order chi connectivity index (χ0) is 20.8. The number of carbonyl (C=O) groups excluding carboxylic acids is 2. The quantitative estimate of drug-likeness (QED) is 0.497. The van der Waals surface area contributed by atoms with Crippen LogP contribution in [0.1, 0.15) is 12.5 Å². The van der Waals surface area contributed by atoms with Gasteiger partial charge in [0.25, 0.3) is 0 Å². The highest BCUT2D eigenvalue weighted by Gasteiger charge is 2.14. The van der Waals surface area contributed by atoms with Gasteiger partial charge in [-0.2, -0.15) is 0 Å². The van der Waals surface area contributed by atoms with Gasteiger partial charge in [-0.05, 0) is 55.0 Å². The molecule has 0 bridgehead atoms. The molecule has 0 radical (unpaired) electrons. The summed E-state index contributed by atoms with van der Waals surface area (Å²) in [5.74, 6) is -0.0237. The van der Waals surface area contributed by atoms with Crippen LogP contribution in [0, 0.1) is 0 Å². The van der Waals surface area contributed by atoms with E-state index in [-0.39, 0.29) is 11.8 Å². The Morgan fingerprint density at radius 3 is 2.55 bits per heavy atom. The van der Waals surface area contributed by atoms with Crippen LogP contribution >= 0.6 is 0 Å². The number of benzene rings is 2. The average Bonchev–Trinajstić information content (AvgIpc) is 2.72. The molecule has 2 aromatic carbocycles. The van der Waals surface area contributed by atoms with Gasteiger partial charge in [0.2, 0.25) is 11.8 Å². The SMILES string of the molecule is COc1ccc(C=CC(=O)NC(C)C(=O)Nc2ccc3oc(=O)ccc3c2)cc1. The number of hydrogen-bond acceptors (Lipinski definition) is 5. The highest BCUT2D eigenvalue weighted by atomic mass is 16.5. The van der Waals surface area contributed by atoms with Crippen molar-refractivity contribution in [1.29, 1.82) is 0 Å². The third-order valence-electron chi connectivity index (χ3n) is 4.18. The van der Waals surface area contributed by atoms with E-state index in [0.29, 0.717) is 16.7 Å². The molecule has 0 spiro atoms. The third kappa shape index (κ3) is 5.32. The number of hydrogen-bond donors (Lipinski definition) is 2. The molecule has 3 aromatic rings. The first-order chi connectivity index (χ1) is 13.9. The van der Waals surface area contributed by atoms with Crippen molar-refractivity contribution in [3.8, 4) is 5.75 Å². The lowest BCUT2D eigenvalue weighted by Crippen LogP contribution is -2.40. The van der Waals surface area contributed by atoms with Gasteiger partial charge in [-0.1, -0.05) is 12.1 Å². The molecular weight excluding hydrogens is 372 g/mol. The van der Waals surface area contributed by atoms with Crippen LogP contribution in [0.2, 0.25) is 0 Å². The van der Waals surface area contributed by atoms with Crippen LogP contribution in [0.15, 0.2) is 69.9 Å². The molecule has 0 fully saturated rings. The van der Waals surface area contributed by atoms with E-state index in [9.17, 15) is 14.4 Å². The van der Waals surface area contributed by atoms with E-state index < -0.39 is 11.7 Å². The number of fused-ring (bicyclic) bond motifs is 1. The summed E-state index contributed by atoms with van der Waals surface area (Å²) in [6.45, 7) is 1.59. The van der Waals surface area contributed by atoms with Crippen molar-refractivity contribution in [1.82, 2.24) is 5.32 Å². The van der Waals surface area contributed by atoms with Crippen LogP contribution in [-0.2, 0) is 9.59 Å². The highest BCUT2D eigenvalue weighted by molar-refractivity contribution is 6.00. The minimum absolute atomic E-state index is 0.368. The largest absolute Gasteiger partial charge is 0.497 e. The molecule has 148 valence electrons. The molecular formula is C22H20N2O5. The molecule has 29 heavy (non-hydrogen) atoms. The van der Waals surface area contributed by atoms with Gasteiger partial charge in [0.1, 0.15) is 17.4 Å². The van der Waals surface area contributed by atoms with Crippen molar-refractivity contribution >= 4 is 34.5 Å². The normalized spacial score (nSPS) is 11.9. The molecule has 0 aliphatic rings. The lowest BCUT2D eigenvalue weighted by Gasteiger charge is -2.13. The van der Waals surface area contributed by atoms with E-state index in [4.69, 9.17) is 9.15 Å². The Balaban J connectivity index is 1.58. The summed E-state index contributed by atoms with van der Waals surface area (Å²) in [4.78, 5) is 35.6. The van der Waals surface area contributed by atoms with E-state index in [0.717, 1.165) is 11.3 Å². The first-order valence-corrected chi connectivity index (χ1v) is 8.92. The van der Waals surface area contributed by atoms with Crippen LogP contribution in [0.3, 0.4) is 0 Å². The molecule has 3 rings (SSSR count). The van der Waals surface area contributed by atoms with E-state index in [1.807, 2.05) is 12.1 Å². The summed E-state index contributed by atoms with van der Waals surface area (Å²) in [7, 11) is 1.58. The minimum atomic E-state index is -0.743. The molecule has 0 aliphatic carbocycles. The Morgan fingerprint density at radius 1 is 1.07 bits per heavy atom. The van der Waals surface area contributed by atoms with Crippen LogP contribution in [0.4, 0.5) is 5.69 Å². The Bertz CT molecular complexity index is 1120. The lowest BCUT2D eigenvalue weighted by molar-refractivity contribution is -0.123. The number of amides is 2. The monoisotopic (exact) mass is 392 g/mol. The predicted octanol–water partition coefficient (Wildman–Crippen LogP) is 2.96. The second-order valence-corrected chi connectivity index (χ2v) is 6.33. The van der Waals surface area contributed by atoms with E-state index >= 15 is 0 Å². The number of carbonyl (C=O) groups is 2. The number of methoxy groups -OCH3 is 1. The van der Waals surface area contributed by atoms with E-state index in [1.54, 1.807) is 56.5 Å². The van der Waals surface area contributed by atoms with Gasteiger partial charge in [0.15, 0.2) is 0 Å². The summed E-state index contributed by atoms with van der Waals surface area (Å²) in [6, 6.07) is 14.3. The van der Waals surface area contributed by atoms with Crippen LogP contribution in [0.25, 0.3) is 17.0 Å². The first-order valence-electron chi connectivity index (χ1n) is 8.92. The van der Waals surface area contributed by atoms with Gasteiger partial charge in [-0.3, -0.25) is 9.59 Å². The fraction of sp³-hybridized carbons (Fsp3) is 0.136. The molecule has 7 nitrogen and oxygen atoms in total. The maximum Gasteiger partial charge on any atom is 0.336 e. The molecule has 0 saturated heterocycles. The zero-order valence-electron chi connectivity index (χ0n) is 16.0. The number of nitrogens with one attached hydrogen (secondary N) is 2. The standard InChI is InChI=1S/C22H20N2O5/c1-14(23-20(25)11-5-15-3-8-18(28-2)9-4-15)22(27)24-17-7-10-19-16(13-17)6-12-21(26)29-19/h3-14H,1-2H3,(H,23,25)(H,24,27). The zero-order valence-corrected chi connectivity index (χ0v) is 16.0. The third-order valence-corrected chi connectivity index (χ3v) is 4.18. The van der Waals surface area contributed by atoms with Gasteiger partial charge >= 0.3 is 5.63 Å².